The zero-order chi connectivity index (χ0) is 21.6. The number of hydrogen-bond donors (Lipinski definition) is 1. The van der Waals surface area contributed by atoms with E-state index in [1.54, 1.807) is 12.1 Å². The monoisotopic (exact) mass is 420 g/mol. The van der Waals surface area contributed by atoms with Gasteiger partial charge in [-0.25, -0.2) is 9.18 Å². The lowest BCUT2D eigenvalue weighted by molar-refractivity contribution is 0.0484. The number of likely N-dealkylation sites (tertiary alicyclic amines) is 1. The summed E-state index contributed by atoms with van der Waals surface area (Å²) in [6.45, 7) is 8.92. The van der Waals surface area contributed by atoms with Crippen molar-refractivity contribution < 1.29 is 18.7 Å². The second kappa shape index (κ2) is 10.5. The van der Waals surface area contributed by atoms with E-state index in [-0.39, 0.29) is 24.1 Å². The Morgan fingerprint density at radius 3 is 2.30 bits per heavy atom. The summed E-state index contributed by atoms with van der Waals surface area (Å²) in [5.74, 6) is 1.27. The Hall–Kier alpha value is -1.82. The second-order valence-corrected chi connectivity index (χ2v) is 9.77. The highest BCUT2D eigenvalue weighted by Gasteiger charge is 2.26. The predicted molar refractivity (Wildman–Crippen MR) is 116 cm³/mol. The average Bonchev–Trinajstić information content (AvgIpc) is 2.69. The molecule has 0 atom stereocenters. The van der Waals surface area contributed by atoms with Gasteiger partial charge in [-0.3, -0.25) is 0 Å². The Bertz CT molecular complexity index is 658. The van der Waals surface area contributed by atoms with Crippen molar-refractivity contribution in [3.8, 4) is 5.75 Å². The fourth-order valence-corrected chi connectivity index (χ4v) is 4.39. The lowest BCUT2D eigenvalue weighted by Gasteiger charge is -2.34. The van der Waals surface area contributed by atoms with Gasteiger partial charge in [-0.05, 0) is 102 Å². The van der Waals surface area contributed by atoms with Crippen molar-refractivity contribution >= 4 is 6.09 Å². The molecule has 0 radical (unpaired) electrons. The van der Waals surface area contributed by atoms with Gasteiger partial charge in [0.2, 0.25) is 0 Å². The number of benzene rings is 1. The minimum Gasteiger partial charge on any atom is -0.490 e. The molecular formula is C24H37FN2O3. The van der Waals surface area contributed by atoms with Crippen LogP contribution in [0.4, 0.5) is 9.18 Å². The summed E-state index contributed by atoms with van der Waals surface area (Å²) in [4.78, 5) is 14.5. The Morgan fingerprint density at radius 1 is 1.07 bits per heavy atom. The third-order valence-corrected chi connectivity index (χ3v) is 6.07. The third kappa shape index (κ3) is 7.78. The van der Waals surface area contributed by atoms with E-state index in [1.807, 2.05) is 20.8 Å². The molecule has 3 rings (SSSR count). The molecule has 1 aromatic rings. The highest BCUT2D eigenvalue weighted by Crippen LogP contribution is 2.28. The molecule has 1 aliphatic heterocycles. The van der Waals surface area contributed by atoms with Crippen molar-refractivity contribution in [2.45, 2.75) is 83.5 Å². The average molecular weight is 421 g/mol. The first-order valence-corrected chi connectivity index (χ1v) is 11.4. The van der Waals surface area contributed by atoms with Gasteiger partial charge in [0.05, 0.1) is 0 Å². The van der Waals surface area contributed by atoms with E-state index in [1.165, 1.54) is 31.4 Å². The second-order valence-electron chi connectivity index (χ2n) is 9.77. The Balaban J connectivity index is 1.28. The number of carbonyl (C=O) groups excluding carboxylic acids is 1. The molecule has 1 saturated heterocycles. The van der Waals surface area contributed by atoms with E-state index < -0.39 is 5.60 Å². The van der Waals surface area contributed by atoms with Gasteiger partial charge >= 0.3 is 6.09 Å². The Kier molecular flexibility index (Phi) is 7.98. The van der Waals surface area contributed by atoms with Crippen molar-refractivity contribution in [3.63, 3.8) is 0 Å². The standard InChI is InChI=1S/C24H37FN2O3/c1-24(2,3)30-23(28)26-20-8-4-18(5-9-20)12-15-27-16-13-22(14-17-27)29-21-10-6-19(25)7-11-21/h6-7,10-11,18,20,22H,4-5,8-9,12-17H2,1-3H3,(H,26,28). The fraction of sp³-hybridized carbons (Fsp3) is 0.708. The molecule has 1 aromatic carbocycles. The molecule has 0 bridgehead atoms. The van der Waals surface area contributed by atoms with E-state index in [9.17, 15) is 9.18 Å². The van der Waals surface area contributed by atoms with E-state index in [0.29, 0.717) is 0 Å². The highest BCUT2D eigenvalue weighted by molar-refractivity contribution is 5.68. The zero-order valence-corrected chi connectivity index (χ0v) is 18.7. The Labute approximate surface area is 180 Å². The van der Waals surface area contributed by atoms with Crippen LogP contribution < -0.4 is 10.1 Å². The summed E-state index contributed by atoms with van der Waals surface area (Å²) in [6.07, 6.45) is 7.61. The van der Waals surface area contributed by atoms with Crippen LogP contribution in [0.15, 0.2) is 24.3 Å². The maximum atomic E-state index is 13.0. The molecule has 1 amide bonds. The molecule has 0 spiro atoms. The van der Waals surface area contributed by atoms with E-state index in [4.69, 9.17) is 9.47 Å². The zero-order valence-electron chi connectivity index (χ0n) is 18.7. The van der Waals surface area contributed by atoms with Crippen LogP contribution in [0.2, 0.25) is 0 Å². The predicted octanol–water partition coefficient (Wildman–Crippen LogP) is 5.14. The number of nitrogens with zero attached hydrogens (tertiary/aromatic N) is 1. The van der Waals surface area contributed by atoms with Gasteiger partial charge in [0, 0.05) is 19.1 Å². The van der Waals surface area contributed by atoms with Gasteiger partial charge in [-0.15, -0.1) is 0 Å². The van der Waals surface area contributed by atoms with Crippen LogP contribution in [0.3, 0.4) is 0 Å². The van der Waals surface area contributed by atoms with Crippen molar-refractivity contribution in [2.75, 3.05) is 19.6 Å². The van der Waals surface area contributed by atoms with Crippen LogP contribution >= 0.6 is 0 Å². The number of ether oxygens (including phenoxy) is 2. The number of piperidine rings is 1. The number of alkyl carbamates (subject to hydrolysis) is 1. The first kappa shape index (κ1) is 22.9. The number of hydrogen-bond acceptors (Lipinski definition) is 4. The first-order chi connectivity index (χ1) is 14.3. The molecule has 1 heterocycles. The third-order valence-electron chi connectivity index (χ3n) is 6.07. The molecule has 2 fully saturated rings. The SMILES string of the molecule is CC(C)(C)OC(=O)NC1CCC(CCN2CCC(Oc3ccc(F)cc3)CC2)CC1. The van der Waals surface area contributed by atoms with Gasteiger partial charge in [0.15, 0.2) is 0 Å². The number of amides is 1. The van der Waals surface area contributed by atoms with Crippen LogP contribution in [0.5, 0.6) is 5.75 Å². The van der Waals surface area contributed by atoms with Gasteiger partial charge in [0.1, 0.15) is 23.3 Å². The van der Waals surface area contributed by atoms with Crippen molar-refractivity contribution in [3.05, 3.63) is 30.1 Å². The molecule has 5 nitrogen and oxygen atoms in total. The topological polar surface area (TPSA) is 50.8 Å². The van der Waals surface area contributed by atoms with Gasteiger partial charge in [0.25, 0.3) is 0 Å². The number of rotatable bonds is 6. The molecule has 0 unspecified atom stereocenters. The highest BCUT2D eigenvalue weighted by atomic mass is 19.1. The molecule has 6 heteroatoms. The van der Waals surface area contributed by atoms with Crippen LogP contribution in [-0.4, -0.2) is 48.4 Å². The molecular weight excluding hydrogens is 383 g/mol. The molecule has 1 aliphatic carbocycles. The largest absolute Gasteiger partial charge is 0.490 e. The van der Waals surface area contributed by atoms with Crippen LogP contribution in [0.1, 0.15) is 65.7 Å². The van der Waals surface area contributed by atoms with Crippen LogP contribution in [-0.2, 0) is 4.74 Å². The summed E-state index contributed by atoms with van der Waals surface area (Å²) in [5.41, 5.74) is -0.446. The minimum absolute atomic E-state index is 0.223. The molecule has 30 heavy (non-hydrogen) atoms. The van der Waals surface area contributed by atoms with E-state index in [0.717, 1.165) is 57.0 Å². The fourth-order valence-electron chi connectivity index (χ4n) is 4.39. The molecule has 1 N–H and O–H groups in total. The smallest absolute Gasteiger partial charge is 0.407 e. The summed E-state index contributed by atoms with van der Waals surface area (Å²) >= 11 is 0. The molecule has 2 aliphatic rings. The summed E-state index contributed by atoms with van der Waals surface area (Å²) in [7, 11) is 0. The summed E-state index contributed by atoms with van der Waals surface area (Å²) in [5, 5.41) is 3.02. The number of nitrogens with one attached hydrogen (secondary N) is 1. The maximum absolute atomic E-state index is 13.0. The van der Waals surface area contributed by atoms with Gasteiger partial charge < -0.3 is 19.7 Å². The quantitative estimate of drug-likeness (QED) is 0.692. The van der Waals surface area contributed by atoms with Crippen molar-refractivity contribution in [2.24, 2.45) is 5.92 Å². The number of carbonyl (C=O) groups is 1. The summed E-state index contributed by atoms with van der Waals surface area (Å²) in [6, 6.07) is 6.55. The lowest BCUT2D eigenvalue weighted by atomic mass is 9.84. The first-order valence-electron chi connectivity index (χ1n) is 11.4. The molecule has 0 aromatic heterocycles. The van der Waals surface area contributed by atoms with E-state index >= 15 is 0 Å². The normalized spacial score (nSPS) is 23.7. The lowest BCUT2D eigenvalue weighted by Crippen LogP contribution is -2.41. The van der Waals surface area contributed by atoms with E-state index in [2.05, 4.69) is 10.2 Å². The maximum Gasteiger partial charge on any atom is 0.407 e. The molecule has 1 saturated carbocycles. The Morgan fingerprint density at radius 2 is 1.70 bits per heavy atom. The summed E-state index contributed by atoms with van der Waals surface area (Å²) < 4.78 is 24.4. The van der Waals surface area contributed by atoms with Crippen LogP contribution in [0.25, 0.3) is 0 Å². The minimum atomic E-state index is -0.446. The van der Waals surface area contributed by atoms with Gasteiger partial charge in [-0.1, -0.05) is 0 Å². The van der Waals surface area contributed by atoms with Crippen molar-refractivity contribution in [1.29, 1.82) is 0 Å². The molecule has 168 valence electrons. The van der Waals surface area contributed by atoms with Crippen molar-refractivity contribution in [1.82, 2.24) is 10.2 Å². The number of halogens is 1. The van der Waals surface area contributed by atoms with Crippen LogP contribution in [0, 0.1) is 11.7 Å². The van der Waals surface area contributed by atoms with Gasteiger partial charge in [-0.2, -0.15) is 0 Å².